The van der Waals surface area contributed by atoms with E-state index >= 15 is 0 Å². The molecule has 0 unspecified atom stereocenters. The van der Waals surface area contributed by atoms with Gasteiger partial charge in [-0.15, -0.1) is 0 Å². The van der Waals surface area contributed by atoms with Crippen LogP contribution in [0.15, 0.2) is 96.1 Å². The highest BCUT2D eigenvalue weighted by Crippen LogP contribution is 2.21. The fourth-order valence-corrected chi connectivity index (χ4v) is 3.38. The first-order valence-electron chi connectivity index (χ1n) is 10.4. The SMILES string of the molecule is COc1ccc(CC(=O)N/N=C\c2ccc(OCc3cccc4ccccc34)cc2)cc1. The molecular weight excluding hydrogens is 400 g/mol. The van der Waals surface area contributed by atoms with Crippen molar-refractivity contribution in [2.45, 2.75) is 13.0 Å². The first kappa shape index (κ1) is 21.1. The van der Waals surface area contributed by atoms with Crippen molar-refractivity contribution in [2.75, 3.05) is 7.11 Å². The number of nitrogens with one attached hydrogen (secondary N) is 1. The van der Waals surface area contributed by atoms with Crippen molar-refractivity contribution in [3.63, 3.8) is 0 Å². The van der Waals surface area contributed by atoms with E-state index in [1.807, 2.05) is 66.7 Å². The van der Waals surface area contributed by atoms with Crippen LogP contribution in [0.5, 0.6) is 11.5 Å². The zero-order valence-corrected chi connectivity index (χ0v) is 17.8. The minimum absolute atomic E-state index is 0.179. The van der Waals surface area contributed by atoms with Gasteiger partial charge in [0.1, 0.15) is 18.1 Å². The summed E-state index contributed by atoms with van der Waals surface area (Å²) < 4.78 is 11.1. The number of benzene rings is 4. The second-order valence-corrected chi connectivity index (χ2v) is 7.31. The van der Waals surface area contributed by atoms with Gasteiger partial charge in [0.15, 0.2) is 0 Å². The molecule has 0 saturated heterocycles. The van der Waals surface area contributed by atoms with Crippen LogP contribution >= 0.6 is 0 Å². The van der Waals surface area contributed by atoms with E-state index in [2.05, 4.69) is 34.8 Å². The van der Waals surface area contributed by atoms with E-state index in [9.17, 15) is 4.79 Å². The number of amides is 1. The Hall–Kier alpha value is -4.12. The van der Waals surface area contributed by atoms with Crippen LogP contribution in [-0.4, -0.2) is 19.2 Å². The predicted molar refractivity (Wildman–Crippen MR) is 127 cm³/mol. The summed E-state index contributed by atoms with van der Waals surface area (Å²) in [7, 11) is 1.61. The van der Waals surface area contributed by atoms with Gasteiger partial charge in [0.2, 0.25) is 5.91 Å². The number of rotatable bonds is 8. The maximum absolute atomic E-state index is 12.0. The van der Waals surface area contributed by atoms with Crippen molar-refractivity contribution < 1.29 is 14.3 Å². The Balaban J connectivity index is 1.28. The molecule has 0 aliphatic rings. The zero-order chi connectivity index (χ0) is 22.2. The summed E-state index contributed by atoms with van der Waals surface area (Å²) in [5, 5.41) is 6.44. The molecule has 0 radical (unpaired) electrons. The van der Waals surface area contributed by atoms with Gasteiger partial charge in [-0.25, -0.2) is 5.43 Å². The van der Waals surface area contributed by atoms with Crippen LogP contribution in [0.1, 0.15) is 16.7 Å². The first-order chi connectivity index (χ1) is 15.7. The number of fused-ring (bicyclic) bond motifs is 1. The van der Waals surface area contributed by atoms with Crippen LogP contribution in [0, 0.1) is 0 Å². The third kappa shape index (κ3) is 5.52. The van der Waals surface area contributed by atoms with Crippen molar-refractivity contribution in [2.24, 2.45) is 5.10 Å². The Labute approximate surface area is 187 Å². The van der Waals surface area contributed by atoms with Gasteiger partial charge in [-0.1, -0.05) is 54.6 Å². The molecule has 4 aromatic rings. The highest BCUT2D eigenvalue weighted by molar-refractivity contribution is 5.85. The molecule has 160 valence electrons. The van der Waals surface area contributed by atoms with Crippen LogP contribution in [0.2, 0.25) is 0 Å². The Morgan fingerprint density at radius 2 is 1.59 bits per heavy atom. The van der Waals surface area contributed by atoms with E-state index < -0.39 is 0 Å². The highest BCUT2D eigenvalue weighted by atomic mass is 16.5. The summed E-state index contributed by atoms with van der Waals surface area (Å²) in [6, 6.07) is 29.5. The predicted octanol–water partition coefficient (Wildman–Crippen LogP) is 5.12. The summed E-state index contributed by atoms with van der Waals surface area (Å²) in [6.07, 6.45) is 1.86. The molecule has 0 aliphatic heterocycles. The molecule has 32 heavy (non-hydrogen) atoms. The number of nitrogens with zero attached hydrogens (tertiary/aromatic N) is 1. The van der Waals surface area contributed by atoms with Gasteiger partial charge in [0, 0.05) is 0 Å². The minimum atomic E-state index is -0.179. The normalized spacial score (nSPS) is 10.9. The van der Waals surface area contributed by atoms with E-state index in [0.29, 0.717) is 6.61 Å². The zero-order valence-electron chi connectivity index (χ0n) is 17.8. The fraction of sp³-hybridized carbons (Fsp3) is 0.111. The van der Waals surface area contributed by atoms with E-state index in [0.717, 1.165) is 28.2 Å². The molecule has 5 heteroatoms. The number of carbonyl (C=O) groups excluding carboxylic acids is 1. The number of ether oxygens (including phenoxy) is 2. The summed E-state index contributed by atoms with van der Waals surface area (Å²) in [5.74, 6) is 1.36. The van der Waals surface area contributed by atoms with Crippen molar-refractivity contribution in [3.05, 3.63) is 108 Å². The molecule has 0 heterocycles. The van der Waals surface area contributed by atoms with Gasteiger partial charge in [-0.05, 0) is 63.9 Å². The van der Waals surface area contributed by atoms with Crippen LogP contribution < -0.4 is 14.9 Å². The molecule has 5 nitrogen and oxygen atoms in total. The Kier molecular flexibility index (Phi) is 6.78. The number of methoxy groups -OCH3 is 1. The molecule has 0 atom stereocenters. The van der Waals surface area contributed by atoms with Crippen molar-refractivity contribution in [1.29, 1.82) is 0 Å². The molecule has 1 N–H and O–H groups in total. The van der Waals surface area contributed by atoms with Gasteiger partial charge in [0.25, 0.3) is 0 Å². The molecule has 0 fully saturated rings. The van der Waals surface area contributed by atoms with Crippen LogP contribution in [-0.2, 0) is 17.8 Å². The molecule has 0 aromatic heterocycles. The van der Waals surface area contributed by atoms with Crippen LogP contribution in [0.3, 0.4) is 0 Å². The molecule has 0 bridgehead atoms. The summed E-state index contributed by atoms with van der Waals surface area (Å²) in [5.41, 5.74) is 5.46. The largest absolute Gasteiger partial charge is 0.497 e. The molecule has 4 aromatic carbocycles. The fourth-order valence-electron chi connectivity index (χ4n) is 3.38. The van der Waals surface area contributed by atoms with Gasteiger partial charge < -0.3 is 9.47 Å². The molecule has 1 amide bonds. The standard InChI is InChI=1S/C27H24N2O3/c1-31-24-13-9-20(10-14-24)17-27(30)29-28-18-21-11-15-25(16-12-21)32-19-23-7-4-6-22-5-2-3-8-26(22)23/h2-16,18H,17,19H2,1H3,(H,29,30)/b28-18-. The Bertz CT molecular complexity index is 1210. The Morgan fingerprint density at radius 3 is 2.38 bits per heavy atom. The first-order valence-corrected chi connectivity index (χ1v) is 10.4. The molecule has 0 spiro atoms. The quantitative estimate of drug-likeness (QED) is 0.315. The monoisotopic (exact) mass is 424 g/mol. The van der Waals surface area contributed by atoms with Gasteiger partial charge in [-0.2, -0.15) is 5.10 Å². The van der Waals surface area contributed by atoms with Crippen LogP contribution in [0.25, 0.3) is 10.8 Å². The molecule has 0 aliphatic carbocycles. The third-order valence-corrected chi connectivity index (χ3v) is 5.08. The number of hydrogen-bond acceptors (Lipinski definition) is 4. The smallest absolute Gasteiger partial charge is 0.244 e. The number of hydrazone groups is 1. The molecular formula is C27H24N2O3. The number of carbonyl (C=O) groups is 1. The number of hydrogen-bond donors (Lipinski definition) is 1. The van der Waals surface area contributed by atoms with Crippen molar-refractivity contribution >= 4 is 22.9 Å². The van der Waals surface area contributed by atoms with E-state index in [1.54, 1.807) is 13.3 Å². The summed E-state index contributed by atoms with van der Waals surface area (Å²) >= 11 is 0. The van der Waals surface area contributed by atoms with Crippen molar-refractivity contribution in [1.82, 2.24) is 5.43 Å². The lowest BCUT2D eigenvalue weighted by atomic mass is 10.1. The second kappa shape index (κ2) is 10.3. The van der Waals surface area contributed by atoms with E-state index in [1.165, 1.54) is 10.8 Å². The third-order valence-electron chi connectivity index (χ3n) is 5.08. The maximum atomic E-state index is 12.0. The molecule has 0 saturated carbocycles. The topological polar surface area (TPSA) is 59.9 Å². The molecule has 4 rings (SSSR count). The van der Waals surface area contributed by atoms with E-state index in [-0.39, 0.29) is 12.3 Å². The van der Waals surface area contributed by atoms with Gasteiger partial charge in [-0.3, -0.25) is 4.79 Å². The second-order valence-electron chi connectivity index (χ2n) is 7.31. The van der Waals surface area contributed by atoms with Gasteiger partial charge >= 0.3 is 0 Å². The summed E-state index contributed by atoms with van der Waals surface area (Å²) in [6.45, 7) is 0.496. The maximum Gasteiger partial charge on any atom is 0.244 e. The lowest BCUT2D eigenvalue weighted by Gasteiger charge is -2.09. The minimum Gasteiger partial charge on any atom is -0.497 e. The highest BCUT2D eigenvalue weighted by Gasteiger charge is 2.03. The van der Waals surface area contributed by atoms with E-state index in [4.69, 9.17) is 9.47 Å². The average molecular weight is 425 g/mol. The summed E-state index contributed by atoms with van der Waals surface area (Å²) in [4.78, 5) is 12.0. The Morgan fingerprint density at radius 1 is 0.875 bits per heavy atom. The average Bonchev–Trinajstić information content (AvgIpc) is 2.84. The van der Waals surface area contributed by atoms with Crippen molar-refractivity contribution in [3.8, 4) is 11.5 Å². The van der Waals surface area contributed by atoms with Crippen LogP contribution in [0.4, 0.5) is 0 Å². The van der Waals surface area contributed by atoms with Gasteiger partial charge in [0.05, 0.1) is 19.7 Å². The lowest BCUT2D eigenvalue weighted by molar-refractivity contribution is -0.120. The lowest BCUT2D eigenvalue weighted by Crippen LogP contribution is -2.19.